The summed E-state index contributed by atoms with van der Waals surface area (Å²) in [6, 6.07) is 29.4. The predicted molar refractivity (Wildman–Crippen MR) is 145 cm³/mol. The van der Waals surface area contributed by atoms with Crippen LogP contribution in [-0.2, 0) is 31.6 Å². The van der Waals surface area contributed by atoms with Gasteiger partial charge in [-0.1, -0.05) is 60.7 Å². The number of anilines is 2. The van der Waals surface area contributed by atoms with Gasteiger partial charge in [-0.05, 0) is 53.6 Å². The summed E-state index contributed by atoms with van der Waals surface area (Å²) in [7, 11) is -7.18. The summed E-state index contributed by atoms with van der Waals surface area (Å²) >= 11 is 0. The second-order valence-corrected chi connectivity index (χ2v) is 11.9. The summed E-state index contributed by atoms with van der Waals surface area (Å²) in [6.45, 7) is 0. The van der Waals surface area contributed by atoms with Gasteiger partial charge in [0.2, 0.25) is 25.9 Å². The number of benzene rings is 4. The molecule has 10 heteroatoms. The Morgan fingerprint density at radius 3 is 1.70 bits per heavy atom. The van der Waals surface area contributed by atoms with Crippen molar-refractivity contribution in [1.82, 2.24) is 4.98 Å². The Morgan fingerprint density at radius 1 is 0.622 bits per heavy atom. The fourth-order valence-corrected chi connectivity index (χ4v) is 6.20. The quantitative estimate of drug-likeness (QED) is 0.263. The fourth-order valence-electron chi connectivity index (χ4n) is 3.81. The lowest BCUT2D eigenvalue weighted by Gasteiger charge is -2.08. The highest BCUT2D eigenvalue weighted by Gasteiger charge is 2.15. The minimum atomic E-state index is -3.61. The molecule has 0 radical (unpaired) electrons. The maximum absolute atomic E-state index is 12.6. The lowest BCUT2D eigenvalue weighted by molar-refractivity contribution is 0.598. The average Bonchev–Trinajstić information content (AvgIpc) is 3.28. The third-order valence-corrected chi connectivity index (χ3v) is 7.99. The van der Waals surface area contributed by atoms with Crippen molar-refractivity contribution in [3.05, 3.63) is 114 Å². The Labute approximate surface area is 215 Å². The zero-order valence-electron chi connectivity index (χ0n) is 19.5. The van der Waals surface area contributed by atoms with Crippen LogP contribution in [-0.4, -0.2) is 21.8 Å². The van der Waals surface area contributed by atoms with E-state index in [9.17, 15) is 16.8 Å². The minimum Gasteiger partial charge on any atom is -0.436 e. The third-order valence-electron chi connectivity index (χ3n) is 5.47. The van der Waals surface area contributed by atoms with Crippen molar-refractivity contribution in [3.8, 4) is 11.5 Å². The molecule has 0 aliphatic heterocycles. The first-order valence-corrected chi connectivity index (χ1v) is 14.7. The van der Waals surface area contributed by atoms with Crippen LogP contribution >= 0.6 is 0 Å². The van der Waals surface area contributed by atoms with Crippen LogP contribution in [0, 0.1) is 0 Å². The van der Waals surface area contributed by atoms with Gasteiger partial charge in [0, 0.05) is 11.3 Å². The Balaban J connectivity index is 1.29. The van der Waals surface area contributed by atoms with Crippen molar-refractivity contribution in [2.75, 3.05) is 9.44 Å². The summed E-state index contributed by atoms with van der Waals surface area (Å²) in [5.74, 6) is 0.0632. The highest BCUT2D eigenvalue weighted by Crippen LogP contribution is 2.28. The van der Waals surface area contributed by atoms with Crippen LogP contribution in [0.3, 0.4) is 0 Å². The molecule has 5 rings (SSSR count). The van der Waals surface area contributed by atoms with Gasteiger partial charge < -0.3 is 4.42 Å². The lowest BCUT2D eigenvalue weighted by Crippen LogP contribution is -2.14. The maximum Gasteiger partial charge on any atom is 0.236 e. The molecule has 8 nitrogen and oxygen atoms in total. The van der Waals surface area contributed by atoms with Crippen LogP contribution in [0.15, 0.2) is 108 Å². The molecule has 1 heterocycles. The zero-order valence-corrected chi connectivity index (χ0v) is 21.2. The predicted octanol–water partition coefficient (Wildman–Crippen LogP) is 5.38. The van der Waals surface area contributed by atoms with Crippen LogP contribution in [0.5, 0.6) is 0 Å². The molecular formula is C27H23N3O5S2. The standard InChI is InChI=1S/C27H23N3O5S2/c31-36(32,18-20-7-3-1-4-8-20)29-23-13-11-22(12-14-23)27-28-25-17-24(15-16-26(25)35-27)30-37(33,34)19-21-9-5-2-6-10-21/h1-17,29-30H,18-19H2. The normalized spacial score (nSPS) is 11.9. The molecule has 0 unspecified atom stereocenters. The second kappa shape index (κ2) is 10.1. The van der Waals surface area contributed by atoms with Crippen molar-refractivity contribution >= 4 is 42.5 Å². The SMILES string of the molecule is O=S(=O)(Cc1ccccc1)Nc1ccc(-c2nc3cc(NS(=O)(=O)Cc4ccccc4)ccc3o2)cc1. The van der Waals surface area contributed by atoms with E-state index in [1.807, 2.05) is 12.1 Å². The Hall–Kier alpha value is -4.15. The summed E-state index contributed by atoms with van der Waals surface area (Å²) < 4.78 is 61.1. The fraction of sp³-hybridized carbons (Fsp3) is 0.0741. The summed E-state index contributed by atoms with van der Waals surface area (Å²) in [4.78, 5) is 4.48. The van der Waals surface area contributed by atoms with Crippen LogP contribution in [0.4, 0.5) is 11.4 Å². The molecule has 2 N–H and O–H groups in total. The summed E-state index contributed by atoms with van der Waals surface area (Å²) in [6.07, 6.45) is 0. The van der Waals surface area contributed by atoms with Crippen molar-refractivity contribution in [2.45, 2.75) is 11.5 Å². The number of fused-ring (bicyclic) bond motifs is 1. The molecule has 0 saturated heterocycles. The van der Waals surface area contributed by atoms with E-state index in [1.54, 1.807) is 91.0 Å². The van der Waals surface area contributed by atoms with Crippen molar-refractivity contribution in [1.29, 1.82) is 0 Å². The van der Waals surface area contributed by atoms with E-state index in [4.69, 9.17) is 4.42 Å². The van der Waals surface area contributed by atoms with Crippen LogP contribution < -0.4 is 9.44 Å². The van der Waals surface area contributed by atoms with E-state index in [-0.39, 0.29) is 11.5 Å². The van der Waals surface area contributed by atoms with Crippen LogP contribution in [0.1, 0.15) is 11.1 Å². The molecule has 188 valence electrons. The molecule has 5 aromatic rings. The molecule has 0 aliphatic rings. The second-order valence-electron chi connectivity index (χ2n) is 8.47. The van der Waals surface area contributed by atoms with Gasteiger partial charge >= 0.3 is 0 Å². The van der Waals surface area contributed by atoms with Gasteiger partial charge in [0.25, 0.3) is 0 Å². The first kappa shape index (κ1) is 24.5. The van der Waals surface area contributed by atoms with E-state index in [0.717, 1.165) is 0 Å². The minimum absolute atomic E-state index is 0.127. The van der Waals surface area contributed by atoms with E-state index >= 15 is 0 Å². The number of nitrogens with zero attached hydrogens (tertiary/aromatic N) is 1. The smallest absolute Gasteiger partial charge is 0.236 e. The highest BCUT2D eigenvalue weighted by molar-refractivity contribution is 7.92. The summed E-state index contributed by atoms with van der Waals surface area (Å²) in [5, 5.41) is 0. The van der Waals surface area contributed by atoms with Crippen molar-refractivity contribution in [2.24, 2.45) is 0 Å². The van der Waals surface area contributed by atoms with Gasteiger partial charge in [0.1, 0.15) is 5.52 Å². The molecule has 0 fully saturated rings. The summed E-state index contributed by atoms with van der Waals surface area (Å²) in [5.41, 5.74) is 3.81. The van der Waals surface area contributed by atoms with E-state index in [0.29, 0.717) is 45.1 Å². The number of hydrogen-bond donors (Lipinski definition) is 2. The van der Waals surface area contributed by atoms with Crippen LogP contribution in [0.25, 0.3) is 22.6 Å². The molecule has 1 aromatic heterocycles. The Bertz CT molecular complexity index is 1730. The number of hydrogen-bond acceptors (Lipinski definition) is 6. The van der Waals surface area contributed by atoms with E-state index in [2.05, 4.69) is 14.4 Å². The first-order valence-electron chi connectivity index (χ1n) is 11.3. The number of sulfonamides is 2. The lowest BCUT2D eigenvalue weighted by atomic mass is 10.2. The molecule has 0 bridgehead atoms. The number of aromatic nitrogens is 1. The van der Waals surface area contributed by atoms with Gasteiger partial charge in [-0.15, -0.1) is 0 Å². The van der Waals surface area contributed by atoms with Gasteiger partial charge in [0.05, 0.1) is 17.2 Å². The van der Waals surface area contributed by atoms with Crippen LogP contribution in [0.2, 0.25) is 0 Å². The number of rotatable bonds is 9. The maximum atomic E-state index is 12.6. The average molecular weight is 534 g/mol. The molecule has 4 aromatic carbocycles. The molecular weight excluding hydrogens is 510 g/mol. The van der Waals surface area contributed by atoms with Gasteiger partial charge in [0.15, 0.2) is 5.58 Å². The first-order chi connectivity index (χ1) is 17.7. The Morgan fingerprint density at radius 2 is 1.14 bits per heavy atom. The number of oxazole rings is 1. The molecule has 0 aliphatic carbocycles. The molecule has 37 heavy (non-hydrogen) atoms. The van der Waals surface area contributed by atoms with Crippen molar-refractivity contribution < 1.29 is 21.3 Å². The van der Waals surface area contributed by atoms with Gasteiger partial charge in [-0.25, -0.2) is 21.8 Å². The monoisotopic (exact) mass is 533 g/mol. The molecule has 0 saturated carbocycles. The van der Waals surface area contributed by atoms with Crippen molar-refractivity contribution in [3.63, 3.8) is 0 Å². The van der Waals surface area contributed by atoms with Gasteiger partial charge in [-0.2, -0.15) is 0 Å². The molecule has 0 atom stereocenters. The molecule has 0 spiro atoms. The largest absolute Gasteiger partial charge is 0.436 e. The number of nitrogens with one attached hydrogen (secondary N) is 2. The van der Waals surface area contributed by atoms with Gasteiger partial charge in [-0.3, -0.25) is 9.44 Å². The third kappa shape index (κ3) is 6.35. The molecule has 0 amide bonds. The topological polar surface area (TPSA) is 118 Å². The zero-order chi connectivity index (χ0) is 25.9. The van der Waals surface area contributed by atoms with E-state index < -0.39 is 20.0 Å². The highest BCUT2D eigenvalue weighted by atomic mass is 32.2. The Kier molecular flexibility index (Phi) is 6.68. The van der Waals surface area contributed by atoms with E-state index in [1.165, 1.54) is 0 Å².